The molecule has 1 aliphatic rings. The second-order valence-electron chi connectivity index (χ2n) is 11.4. The standard InChI is InChI=1S/C37H26F3N5O4/c38-29-12-22(4-5-23-17-41-21-42-18-23)6-7-25(29)20-49-36-3-1-2-32(44-36)28-16-30(39)26(13-31(28)40)15-35-43-33-9-8-24(37(46)47)14-34(33)45(35)19-27-10-11-48-27/h1-3,6-9,12-14,16-18,21,27H,10-11,15,19-20H2,(H,46,47). The van der Waals surface area contributed by atoms with Crippen molar-refractivity contribution in [2.75, 3.05) is 6.61 Å². The minimum absolute atomic E-state index is 0.0416. The van der Waals surface area contributed by atoms with Crippen LogP contribution in [-0.2, 0) is 24.3 Å². The van der Waals surface area contributed by atoms with Gasteiger partial charge in [-0.15, -0.1) is 0 Å². The summed E-state index contributed by atoms with van der Waals surface area (Å²) in [6, 6.07) is 15.9. The van der Waals surface area contributed by atoms with Gasteiger partial charge in [0.05, 0.1) is 40.5 Å². The lowest BCUT2D eigenvalue weighted by molar-refractivity contribution is -0.0589. The Hall–Kier alpha value is -6.06. The molecule has 1 aliphatic heterocycles. The van der Waals surface area contributed by atoms with Crippen molar-refractivity contribution in [1.29, 1.82) is 0 Å². The van der Waals surface area contributed by atoms with Gasteiger partial charge in [-0.25, -0.2) is 37.9 Å². The Morgan fingerprint density at radius 1 is 0.918 bits per heavy atom. The SMILES string of the molecule is O=C(O)c1ccc2nc(Cc3cc(F)c(-c4cccc(OCc5ccc(C#Cc6cncnc6)cc5F)n4)cc3F)n(CC3CCO3)c2c1. The number of rotatable bonds is 9. The highest BCUT2D eigenvalue weighted by molar-refractivity contribution is 5.92. The van der Waals surface area contributed by atoms with Crippen molar-refractivity contribution in [3.63, 3.8) is 0 Å². The predicted octanol–water partition coefficient (Wildman–Crippen LogP) is 6.36. The highest BCUT2D eigenvalue weighted by atomic mass is 19.1. The fraction of sp³-hybridized carbons (Fsp3) is 0.162. The Balaban J connectivity index is 1.08. The lowest BCUT2D eigenvalue weighted by atomic mass is 10.0. The van der Waals surface area contributed by atoms with Crippen LogP contribution in [0.4, 0.5) is 13.2 Å². The summed E-state index contributed by atoms with van der Waals surface area (Å²) in [7, 11) is 0. The molecule has 0 radical (unpaired) electrons. The molecule has 0 spiro atoms. The zero-order chi connectivity index (χ0) is 33.9. The molecule has 1 N–H and O–H groups in total. The van der Waals surface area contributed by atoms with Crippen LogP contribution in [0.15, 0.2) is 85.5 Å². The number of halogens is 3. The topological polar surface area (TPSA) is 112 Å². The minimum Gasteiger partial charge on any atom is -0.478 e. The molecule has 1 fully saturated rings. The smallest absolute Gasteiger partial charge is 0.335 e. The Kier molecular flexibility index (Phi) is 8.74. The Bertz CT molecular complexity index is 2260. The molecule has 3 aromatic carbocycles. The first-order valence-corrected chi connectivity index (χ1v) is 15.3. The van der Waals surface area contributed by atoms with Gasteiger partial charge in [-0.2, -0.15) is 0 Å². The number of ether oxygens (including phenoxy) is 2. The number of hydrogen-bond donors (Lipinski definition) is 1. The van der Waals surface area contributed by atoms with Gasteiger partial charge in [0.1, 0.15) is 36.2 Å². The van der Waals surface area contributed by atoms with Crippen LogP contribution < -0.4 is 4.74 Å². The number of pyridine rings is 1. The summed E-state index contributed by atoms with van der Waals surface area (Å²) in [5.41, 5.74) is 2.66. The molecule has 0 bridgehead atoms. The summed E-state index contributed by atoms with van der Waals surface area (Å²) in [6.07, 6.45) is 5.21. The van der Waals surface area contributed by atoms with E-state index in [-0.39, 0.29) is 53.0 Å². The van der Waals surface area contributed by atoms with E-state index in [1.807, 2.05) is 4.57 Å². The minimum atomic E-state index is -1.08. The molecule has 0 amide bonds. The summed E-state index contributed by atoms with van der Waals surface area (Å²) >= 11 is 0. The van der Waals surface area contributed by atoms with Crippen molar-refractivity contribution in [2.24, 2.45) is 0 Å². The molecule has 1 atom stereocenters. The number of nitrogens with zero attached hydrogens (tertiary/aromatic N) is 5. The molecule has 3 aromatic heterocycles. The van der Waals surface area contributed by atoms with Crippen LogP contribution in [-0.4, -0.2) is 48.3 Å². The first-order chi connectivity index (χ1) is 23.8. The van der Waals surface area contributed by atoms with Crippen LogP contribution >= 0.6 is 0 Å². The lowest BCUT2D eigenvalue weighted by Crippen LogP contribution is -2.31. The molecule has 4 heterocycles. The number of hydrogen-bond acceptors (Lipinski definition) is 7. The van der Waals surface area contributed by atoms with Gasteiger partial charge in [0.15, 0.2) is 0 Å². The molecule has 1 unspecified atom stereocenters. The van der Waals surface area contributed by atoms with Gasteiger partial charge in [0.25, 0.3) is 0 Å². The van der Waals surface area contributed by atoms with Gasteiger partial charge in [0, 0.05) is 48.2 Å². The van der Waals surface area contributed by atoms with Gasteiger partial charge < -0.3 is 19.1 Å². The van der Waals surface area contributed by atoms with Crippen molar-refractivity contribution < 1.29 is 32.5 Å². The number of aromatic carboxylic acids is 1. The number of imidazole rings is 1. The summed E-state index contributed by atoms with van der Waals surface area (Å²) in [6.45, 7) is 0.875. The third kappa shape index (κ3) is 6.97. The van der Waals surface area contributed by atoms with Crippen LogP contribution in [0.3, 0.4) is 0 Å². The molecule has 1 saturated heterocycles. The van der Waals surface area contributed by atoms with Crippen molar-refractivity contribution in [3.05, 3.63) is 137 Å². The van der Waals surface area contributed by atoms with E-state index >= 15 is 8.78 Å². The van der Waals surface area contributed by atoms with Crippen LogP contribution in [0, 0.1) is 29.3 Å². The maximum atomic E-state index is 15.6. The quantitative estimate of drug-likeness (QED) is 0.178. The fourth-order valence-electron chi connectivity index (χ4n) is 5.41. The molecule has 244 valence electrons. The third-order valence-electron chi connectivity index (χ3n) is 8.08. The van der Waals surface area contributed by atoms with E-state index in [9.17, 15) is 14.3 Å². The second kappa shape index (κ2) is 13.6. The highest BCUT2D eigenvalue weighted by Crippen LogP contribution is 2.29. The molecular formula is C37H26F3N5O4. The van der Waals surface area contributed by atoms with E-state index < -0.39 is 23.4 Å². The maximum Gasteiger partial charge on any atom is 0.335 e. The Morgan fingerprint density at radius 3 is 2.47 bits per heavy atom. The molecule has 6 aromatic rings. The first kappa shape index (κ1) is 31.5. The summed E-state index contributed by atoms with van der Waals surface area (Å²) in [5, 5.41) is 9.49. The van der Waals surface area contributed by atoms with E-state index in [4.69, 9.17) is 9.47 Å². The zero-order valence-electron chi connectivity index (χ0n) is 25.7. The largest absolute Gasteiger partial charge is 0.478 e. The van der Waals surface area contributed by atoms with Gasteiger partial charge in [-0.1, -0.05) is 24.0 Å². The van der Waals surface area contributed by atoms with E-state index in [0.29, 0.717) is 41.1 Å². The van der Waals surface area contributed by atoms with E-state index in [2.05, 4.69) is 31.8 Å². The second-order valence-corrected chi connectivity index (χ2v) is 11.4. The van der Waals surface area contributed by atoms with Crippen molar-refractivity contribution in [1.82, 2.24) is 24.5 Å². The number of benzene rings is 3. The lowest BCUT2D eigenvalue weighted by Gasteiger charge is -2.27. The van der Waals surface area contributed by atoms with Gasteiger partial charge in [-0.3, -0.25) is 0 Å². The average molecular weight is 662 g/mol. The zero-order valence-corrected chi connectivity index (χ0v) is 25.7. The molecule has 12 heteroatoms. The van der Waals surface area contributed by atoms with Gasteiger partial charge >= 0.3 is 5.97 Å². The van der Waals surface area contributed by atoms with Crippen molar-refractivity contribution >= 4 is 17.0 Å². The first-order valence-electron chi connectivity index (χ1n) is 15.3. The van der Waals surface area contributed by atoms with Gasteiger partial charge in [-0.05, 0) is 60.5 Å². The van der Waals surface area contributed by atoms with Crippen LogP contribution in [0.25, 0.3) is 22.3 Å². The van der Waals surface area contributed by atoms with Gasteiger partial charge in [0.2, 0.25) is 5.88 Å². The molecule has 49 heavy (non-hydrogen) atoms. The van der Waals surface area contributed by atoms with Crippen LogP contribution in [0.5, 0.6) is 5.88 Å². The van der Waals surface area contributed by atoms with Crippen LogP contribution in [0.1, 0.15) is 44.9 Å². The number of carboxylic acid groups (broad SMARTS) is 1. The summed E-state index contributed by atoms with van der Waals surface area (Å²) in [5.74, 6) is 3.31. The van der Waals surface area contributed by atoms with E-state index in [0.717, 1.165) is 18.6 Å². The molecule has 0 saturated carbocycles. The van der Waals surface area contributed by atoms with Crippen molar-refractivity contribution in [2.45, 2.75) is 32.1 Å². The molecular weight excluding hydrogens is 635 g/mol. The molecule has 9 nitrogen and oxygen atoms in total. The Morgan fingerprint density at radius 2 is 1.71 bits per heavy atom. The fourth-order valence-corrected chi connectivity index (χ4v) is 5.41. The Labute approximate surface area is 278 Å². The number of fused-ring (bicyclic) bond motifs is 1. The highest BCUT2D eigenvalue weighted by Gasteiger charge is 2.24. The number of carboxylic acids is 1. The van der Waals surface area contributed by atoms with Crippen molar-refractivity contribution in [3.8, 4) is 29.0 Å². The monoisotopic (exact) mass is 661 g/mol. The maximum absolute atomic E-state index is 15.6. The summed E-state index contributed by atoms with van der Waals surface area (Å²) in [4.78, 5) is 28.3. The third-order valence-corrected chi connectivity index (χ3v) is 8.08. The summed E-state index contributed by atoms with van der Waals surface area (Å²) < 4.78 is 59.0. The van der Waals surface area contributed by atoms with E-state index in [1.54, 1.807) is 36.7 Å². The molecule has 7 rings (SSSR count). The number of aromatic nitrogens is 5. The van der Waals surface area contributed by atoms with E-state index in [1.165, 1.54) is 36.7 Å². The number of carbonyl (C=O) groups is 1. The predicted molar refractivity (Wildman–Crippen MR) is 172 cm³/mol. The average Bonchev–Trinajstić information content (AvgIpc) is 3.42. The normalized spacial score (nSPS) is 13.8. The van der Waals surface area contributed by atoms with Crippen LogP contribution in [0.2, 0.25) is 0 Å². The molecule has 0 aliphatic carbocycles.